The highest BCUT2D eigenvalue weighted by molar-refractivity contribution is 7.16. The van der Waals surface area contributed by atoms with Gasteiger partial charge in [-0.05, 0) is 30.7 Å². The van der Waals surface area contributed by atoms with Crippen LogP contribution in [0.5, 0.6) is 0 Å². The Morgan fingerprint density at radius 3 is 2.94 bits per heavy atom. The minimum atomic E-state index is 0.483. The number of nitrogens with zero attached hydrogens (tertiary/aromatic N) is 3. The summed E-state index contributed by atoms with van der Waals surface area (Å²) in [5, 5.41) is 0. The van der Waals surface area contributed by atoms with Gasteiger partial charge in [0.25, 0.3) is 0 Å². The second-order valence-corrected chi connectivity index (χ2v) is 5.86. The van der Waals surface area contributed by atoms with E-state index in [9.17, 15) is 0 Å². The van der Waals surface area contributed by atoms with Gasteiger partial charge in [-0.25, -0.2) is 9.97 Å². The second kappa shape index (κ2) is 4.26. The number of aryl methyl sites for hydroxylation is 1. The van der Waals surface area contributed by atoms with E-state index in [1.54, 1.807) is 17.5 Å². The molecule has 92 valence electrons. The molecule has 0 fully saturated rings. The SMILES string of the molecule is Cc1ccnc2c1nc(N)n2Cc1ccc(Cl)s1. The van der Waals surface area contributed by atoms with Crippen molar-refractivity contribution < 1.29 is 0 Å². The lowest BCUT2D eigenvalue weighted by molar-refractivity contribution is 0.841. The monoisotopic (exact) mass is 278 g/mol. The summed E-state index contributed by atoms with van der Waals surface area (Å²) in [6.07, 6.45) is 1.77. The molecule has 0 aliphatic carbocycles. The van der Waals surface area contributed by atoms with Gasteiger partial charge in [-0.1, -0.05) is 11.6 Å². The van der Waals surface area contributed by atoms with Crippen LogP contribution in [0, 0.1) is 6.92 Å². The van der Waals surface area contributed by atoms with Gasteiger partial charge in [0.1, 0.15) is 5.52 Å². The Morgan fingerprint density at radius 2 is 2.22 bits per heavy atom. The van der Waals surface area contributed by atoms with Crippen molar-refractivity contribution in [1.29, 1.82) is 0 Å². The summed E-state index contributed by atoms with van der Waals surface area (Å²) in [6, 6.07) is 5.81. The van der Waals surface area contributed by atoms with Gasteiger partial charge in [0.05, 0.1) is 10.9 Å². The van der Waals surface area contributed by atoms with Crippen molar-refractivity contribution in [3.05, 3.63) is 39.2 Å². The van der Waals surface area contributed by atoms with E-state index in [1.807, 2.05) is 29.7 Å². The van der Waals surface area contributed by atoms with Gasteiger partial charge in [-0.15, -0.1) is 11.3 Å². The molecule has 0 amide bonds. The molecule has 3 heterocycles. The third kappa shape index (κ3) is 1.85. The van der Waals surface area contributed by atoms with Crippen LogP contribution in [0.25, 0.3) is 11.2 Å². The lowest BCUT2D eigenvalue weighted by Crippen LogP contribution is -2.04. The summed E-state index contributed by atoms with van der Waals surface area (Å²) in [4.78, 5) is 9.86. The lowest BCUT2D eigenvalue weighted by Gasteiger charge is -2.03. The van der Waals surface area contributed by atoms with E-state index in [0.717, 1.165) is 25.9 Å². The molecule has 0 spiro atoms. The molecule has 0 radical (unpaired) electrons. The van der Waals surface area contributed by atoms with Crippen molar-refractivity contribution in [2.45, 2.75) is 13.5 Å². The van der Waals surface area contributed by atoms with Gasteiger partial charge in [0.15, 0.2) is 5.65 Å². The molecule has 4 nitrogen and oxygen atoms in total. The number of fused-ring (bicyclic) bond motifs is 1. The standard InChI is InChI=1S/C12H11ClN4S/c1-7-4-5-15-11-10(7)16-12(14)17(11)6-8-2-3-9(13)18-8/h2-5H,6H2,1H3,(H2,14,16). The summed E-state index contributed by atoms with van der Waals surface area (Å²) in [6.45, 7) is 2.65. The first-order chi connectivity index (χ1) is 8.65. The van der Waals surface area contributed by atoms with E-state index in [1.165, 1.54) is 0 Å². The molecule has 3 aromatic heterocycles. The van der Waals surface area contributed by atoms with Gasteiger partial charge in [-0.3, -0.25) is 4.57 Å². The quantitative estimate of drug-likeness (QED) is 0.784. The maximum absolute atomic E-state index is 5.96. The molecule has 0 aliphatic heterocycles. The number of nitrogen functional groups attached to an aromatic ring is 1. The zero-order valence-corrected chi connectivity index (χ0v) is 11.3. The summed E-state index contributed by atoms with van der Waals surface area (Å²) in [7, 11) is 0. The molecule has 6 heteroatoms. The smallest absolute Gasteiger partial charge is 0.202 e. The van der Waals surface area contributed by atoms with E-state index in [4.69, 9.17) is 17.3 Å². The molecule has 0 aromatic carbocycles. The van der Waals surface area contributed by atoms with Crippen molar-refractivity contribution in [3.63, 3.8) is 0 Å². The fraction of sp³-hybridized carbons (Fsp3) is 0.167. The number of rotatable bonds is 2. The molecule has 0 bridgehead atoms. The normalized spacial score (nSPS) is 11.2. The van der Waals surface area contributed by atoms with Crippen LogP contribution in [0.3, 0.4) is 0 Å². The molecule has 0 unspecified atom stereocenters. The molecule has 0 saturated heterocycles. The zero-order valence-electron chi connectivity index (χ0n) is 9.72. The van der Waals surface area contributed by atoms with Crippen LogP contribution in [0.15, 0.2) is 24.4 Å². The van der Waals surface area contributed by atoms with Crippen LogP contribution in [0.4, 0.5) is 5.95 Å². The Labute approximate surface area is 113 Å². The molecule has 2 N–H and O–H groups in total. The van der Waals surface area contributed by atoms with Crippen LogP contribution in [0.2, 0.25) is 4.34 Å². The number of thiophene rings is 1. The maximum atomic E-state index is 5.96. The highest BCUT2D eigenvalue weighted by atomic mass is 35.5. The van der Waals surface area contributed by atoms with Crippen LogP contribution in [-0.2, 0) is 6.54 Å². The van der Waals surface area contributed by atoms with E-state index in [2.05, 4.69) is 9.97 Å². The van der Waals surface area contributed by atoms with Gasteiger partial charge in [0.2, 0.25) is 5.95 Å². The van der Waals surface area contributed by atoms with Crippen molar-refractivity contribution >= 4 is 40.0 Å². The maximum Gasteiger partial charge on any atom is 0.202 e. The first kappa shape index (κ1) is 11.5. The lowest BCUT2D eigenvalue weighted by atomic mass is 10.3. The van der Waals surface area contributed by atoms with Crippen molar-refractivity contribution in [2.75, 3.05) is 5.73 Å². The Morgan fingerprint density at radius 1 is 1.39 bits per heavy atom. The fourth-order valence-electron chi connectivity index (χ4n) is 1.90. The fourth-order valence-corrected chi connectivity index (χ4v) is 2.98. The topological polar surface area (TPSA) is 56.7 Å². The molecule has 0 atom stereocenters. The van der Waals surface area contributed by atoms with Crippen LogP contribution < -0.4 is 5.73 Å². The second-order valence-electron chi connectivity index (χ2n) is 4.06. The zero-order chi connectivity index (χ0) is 12.7. The van der Waals surface area contributed by atoms with E-state index in [-0.39, 0.29) is 0 Å². The average Bonchev–Trinajstić information content (AvgIpc) is 2.87. The third-order valence-electron chi connectivity index (χ3n) is 2.81. The number of aromatic nitrogens is 3. The number of hydrogen-bond donors (Lipinski definition) is 1. The van der Waals surface area contributed by atoms with E-state index < -0.39 is 0 Å². The molecule has 0 saturated carbocycles. The number of nitrogens with two attached hydrogens (primary N) is 1. The Kier molecular flexibility index (Phi) is 2.72. The first-order valence-electron chi connectivity index (χ1n) is 5.46. The number of halogens is 1. The van der Waals surface area contributed by atoms with E-state index in [0.29, 0.717) is 12.5 Å². The largest absolute Gasteiger partial charge is 0.369 e. The summed E-state index contributed by atoms with van der Waals surface area (Å²) < 4.78 is 2.68. The van der Waals surface area contributed by atoms with Crippen LogP contribution in [0.1, 0.15) is 10.4 Å². The Balaban J connectivity index is 2.11. The summed E-state index contributed by atoms with van der Waals surface area (Å²) >= 11 is 7.47. The van der Waals surface area contributed by atoms with Crippen molar-refractivity contribution in [1.82, 2.24) is 14.5 Å². The van der Waals surface area contributed by atoms with E-state index >= 15 is 0 Å². The van der Waals surface area contributed by atoms with Gasteiger partial charge < -0.3 is 5.73 Å². The number of anilines is 1. The van der Waals surface area contributed by atoms with Crippen LogP contribution >= 0.6 is 22.9 Å². The Hall–Kier alpha value is -1.59. The summed E-state index contributed by atoms with van der Waals surface area (Å²) in [5.74, 6) is 0.483. The molecule has 18 heavy (non-hydrogen) atoms. The minimum Gasteiger partial charge on any atom is -0.369 e. The van der Waals surface area contributed by atoms with Crippen molar-refractivity contribution in [2.24, 2.45) is 0 Å². The average molecular weight is 279 g/mol. The highest BCUT2D eigenvalue weighted by Gasteiger charge is 2.12. The first-order valence-corrected chi connectivity index (χ1v) is 6.66. The predicted octanol–water partition coefficient (Wildman–Crippen LogP) is 3.09. The third-order valence-corrected chi connectivity index (χ3v) is 4.02. The molecular weight excluding hydrogens is 268 g/mol. The number of pyridine rings is 1. The van der Waals surface area contributed by atoms with Gasteiger partial charge in [-0.2, -0.15) is 0 Å². The number of imidazole rings is 1. The number of hydrogen-bond acceptors (Lipinski definition) is 4. The minimum absolute atomic E-state index is 0.483. The van der Waals surface area contributed by atoms with Crippen LogP contribution in [-0.4, -0.2) is 14.5 Å². The molecule has 3 rings (SSSR count). The predicted molar refractivity (Wildman–Crippen MR) is 75.1 cm³/mol. The Bertz CT molecular complexity index is 716. The molecular formula is C12H11ClN4S. The molecule has 3 aromatic rings. The highest BCUT2D eigenvalue weighted by Crippen LogP contribution is 2.25. The van der Waals surface area contributed by atoms with Gasteiger partial charge in [0, 0.05) is 11.1 Å². The molecule has 0 aliphatic rings. The van der Waals surface area contributed by atoms with Gasteiger partial charge >= 0.3 is 0 Å². The van der Waals surface area contributed by atoms with Crippen molar-refractivity contribution in [3.8, 4) is 0 Å². The summed E-state index contributed by atoms with van der Waals surface area (Å²) in [5.41, 5.74) is 8.71.